The first-order valence-electron chi connectivity index (χ1n) is 8.37. The Labute approximate surface area is 179 Å². The Bertz CT molecular complexity index is 1310. The van der Waals surface area contributed by atoms with Crippen LogP contribution in [-0.2, 0) is 10.0 Å². The van der Waals surface area contributed by atoms with Crippen molar-refractivity contribution < 1.29 is 17.6 Å². The lowest BCUT2D eigenvalue weighted by Crippen LogP contribution is -2.12. The van der Waals surface area contributed by atoms with Crippen LogP contribution in [0.25, 0.3) is 10.2 Å². The maximum absolute atomic E-state index is 12.5. The van der Waals surface area contributed by atoms with E-state index < -0.39 is 10.0 Å². The van der Waals surface area contributed by atoms with Crippen LogP contribution in [0.15, 0.2) is 68.6 Å². The molecule has 0 unspecified atom stereocenters. The van der Waals surface area contributed by atoms with Gasteiger partial charge in [0, 0.05) is 5.69 Å². The van der Waals surface area contributed by atoms with Gasteiger partial charge in [0.25, 0.3) is 15.9 Å². The van der Waals surface area contributed by atoms with Gasteiger partial charge < -0.3 is 9.73 Å². The number of amides is 1. The Balaban J connectivity index is 1.55. The summed E-state index contributed by atoms with van der Waals surface area (Å²) in [6, 6.07) is 14.9. The van der Waals surface area contributed by atoms with Gasteiger partial charge in [0.1, 0.15) is 0 Å². The van der Waals surface area contributed by atoms with E-state index in [-0.39, 0.29) is 21.7 Å². The van der Waals surface area contributed by atoms with E-state index in [1.54, 1.807) is 54.6 Å². The number of benzene rings is 2. The van der Waals surface area contributed by atoms with Crippen molar-refractivity contribution in [1.29, 1.82) is 0 Å². The molecule has 0 radical (unpaired) electrons. The minimum absolute atomic E-state index is 0.167. The number of thiazole rings is 1. The molecule has 148 valence electrons. The lowest BCUT2D eigenvalue weighted by molar-refractivity contribution is 0.0995. The number of rotatable bonds is 5. The van der Waals surface area contributed by atoms with Crippen LogP contribution in [0, 0.1) is 6.92 Å². The van der Waals surface area contributed by atoms with Crippen LogP contribution in [0.3, 0.4) is 0 Å². The predicted molar refractivity (Wildman–Crippen MR) is 116 cm³/mol. The SMILES string of the molecule is Cc1ccc(S(=O)(=O)Nc2nc3ccc(NC(=O)c4ccc(Br)o4)cc3s2)cc1. The number of sulfonamides is 1. The lowest BCUT2D eigenvalue weighted by atomic mass is 10.2. The fraction of sp³-hybridized carbons (Fsp3) is 0.0526. The largest absolute Gasteiger partial charge is 0.444 e. The molecule has 0 fully saturated rings. The summed E-state index contributed by atoms with van der Waals surface area (Å²) in [7, 11) is -3.73. The van der Waals surface area contributed by atoms with Crippen molar-refractivity contribution in [2.24, 2.45) is 0 Å². The third-order valence-corrected chi connectivity index (χ3v) is 6.84. The number of nitrogens with zero attached hydrogens (tertiary/aromatic N) is 1. The van der Waals surface area contributed by atoms with Crippen molar-refractivity contribution >= 4 is 64.2 Å². The lowest BCUT2D eigenvalue weighted by Gasteiger charge is -2.04. The normalized spacial score (nSPS) is 11.5. The zero-order chi connectivity index (χ0) is 20.6. The van der Waals surface area contributed by atoms with Crippen LogP contribution in [-0.4, -0.2) is 19.3 Å². The first-order chi connectivity index (χ1) is 13.8. The molecule has 2 N–H and O–H groups in total. The van der Waals surface area contributed by atoms with E-state index in [1.165, 1.54) is 11.3 Å². The van der Waals surface area contributed by atoms with Crippen LogP contribution < -0.4 is 10.0 Å². The van der Waals surface area contributed by atoms with E-state index >= 15 is 0 Å². The predicted octanol–water partition coefficient (Wildman–Crippen LogP) is 5.01. The Kier molecular flexibility index (Phi) is 5.15. The number of carbonyl (C=O) groups is 1. The van der Waals surface area contributed by atoms with Gasteiger partial charge in [-0.05, 0) is 65.3 Å². The second-order valence-electron chi connectivity index (χ2n) is 6.18. The topological polar surface area (TPSA) is 101 Å². The fourth-order valence-corrected chi connectivity index (χ4v) is 5.01. The van der Waals surface area contributed by atoms with Crippen LogP contribution in [0.4, 0.5) is 10.8 Å². The summed E-state index contributed by atoms with van der Waals surface area (Å²) < 4.78 is 34.0. The third-order valence-electron chi connectivity index (χ3n) is 4.00. The van der Waals surface area contributed by atoms with Crippen LogP contribution in [0.5, 0.6) is 0 Å². The molecule has 0 aliphatic carbocycles. The number of hydrogen-bond acceptors (Lipinski definition) is 6. The van der Waals surface area contributed by atoms with Crippen LogP contribution in [0.2, 0.25) is 0 Å². The highest BCUT2D eigenvalue weighted by Gasteiger charge is 2.17. The third kappa shape index (κ3) is 4.34. The van der Waals surface area contributed by atoms with Gasteiger partial charge in [-0.15, -0.1) is 0 Å². The number of halogens is 1. The number of furan rings is 1. The highest BCUT2D eigenvalue weighted by Crippen LogP contribution is 2.30. The molecular formula is C19H14BrN3O4S2. The second-order valence-corrected chi connectivity index (χ2v) is 9.67. The molecule has 29 heavy (non-hydrogen) atoms. The molecule has 0 spiro atoms. The monoisotopic (exact) mass is 491 g/mol. The van der Waals surface area contributed by atoms with Crippen LogP contribution >= 0.6 is 27.3 Å². The van der Waals surface area contributed by atoms with E-state index in [2.05, 4.69) is 31.0 Å². The zero-order valence-electron chi connectivity index (χ0n) is 15.0. The summed E-state index contributed by atoms with van der Waals surface area (Å²) in [5, 5.41) is 2.99. The van der Waals surface area contributed by atoms with E-state index in [0.29, 0.717) is 15.9 Å². The molecule has 2 aromatic heterocycles. The molecule has 10 heteroatoms. The average molecular weight is 492 g/mol. The maximum Gasteiger partial charge on any atom is 0.291 e. The number of hydrogen-bond donors (Lipinski definition) is 2. The van der Waals surface area contributed by atoms with E-state index in [1.807, 2.05) is 6.92 Å². The molecule has 0 aliphatic rings. The Hall–Kier alpha value is -2.69. The minimum Gasteiger partial charge on any atom is -0.444 e. The Morgan fingerprint density at radius 3 is 2.55 bits per heavy atom. The summed E-state index contributed by atoms with van der Waals surface area (Å²) in [4.78, 5) is 16.7. The zero-order valence-corrected chi connectivity index (χ0v) is 18.2. The molecule has 7 nitrogen and oxygen atoms in total. The van der Waals surface area contributed by atoms with Crippen molar-refractivity contribution in [1.82, 2.24) is 4.98 Å². The van der Waals surface area contributed by atoms with Crippen molar-refractivity contribution in [3.63, 3.8) is 0 Å². The Morgan fingerprint density at radius 2 is 1.86 bits per heavy atom. The molecule has 0 saturated heterocycles. The standard InChI is InChI=1S/C19H14BrN3O4S2/c1-11-2-5-13(6-3-11)29(25,26)23-19-22-14-7-4-12(10-16(14)28-19)21-18(24)15-8-9-17(20)27-15/h2-10H,1H3,(H,21,24)(H,22,23). The highest BCUT2D eigenvalue weighted by molar-refractivity contribution is 9.10. The van der Waals surface area contributed by atoms with E-state index in [0.717, 1.165) is 10.3 Å². The van der Waals surface area contributed by atoms with Gasteiger partial charge in [-0.1, -0.05) is 29.0 Å². The molecule has 2 aromatic carbocycles. The van der Waals surface area contributed by atoms with Crippen molar-refractivity contribution in [3.05, 3.63) is 70.6 Å². The molecule has 0 bridgehead atoms. The van der Waals surface area contributed by atoms with Gasteiger partial charge >= 0.3 is 0 Å². The molecule has 2 heterocycles. The number of nitrogens with one attached hydrogen (secondary N) is 2. The number of carbonyl (C=O) groups excluding carboxylic acids is 1. The van der Waals surface area contributed by atoms with Gasteiger partial charge in [0.2, 0.25) is 0 Å². The smallest absolute Gasteiger partial charge is 0.291 e. The summed E-state index contributed by atoms with van der Waals surface area (Å²) >= 11 is 4.34. The van der Waals surface area contributed by atoms with Gasteiger partial charge in [-0.3, -0.25) is 9.52 Å². The quantitative estimate of drug-likeness (QED) is 0.408. The molecule has 4 rings (SSSR count). The first-order valence-corrected chi connectivity index (χ1v) is 11.5. The van der Waals surface area contributed by atoms with Crippen molar-refractivity contribution in [2.45, 2.75) is 11.8 Å². The van der Waals surface area contributed by atoms with Crippen molar-refractivity contribution in [3.8, 4) is 0 Å². The number of aryl methyl sites for hydroxylation is 1. The number of aromatic nitrogens is 1. The van der Waals surface area contributed by atoms with E-state index in [4.69, 9.17) is 4.42 Å². The maximum atomic E-state index is 12.5. The fourth-order valence-electron chi connectivity index (χ4n) is 2.57. The molecule has 4 aromatic rings. The summed E-state index contributed by atoms with van der Waals surface area (Å²) in [5.41, 5.74) is 2.14. The van der Waals surface area contributed by atoms with Gasteiger partial charge in [-0.2, -0.15) is 0 Å². The Morgan fingerprint density at radius 1 is 1.10 bits per heavy atom. The average Bonchev–Trinajstić information content (AvgIpc) is 3.27. The molecule has 0 aliphatic heterocycles. The van der Waals surface area contributed by atoms with Gasteiger partial charge in [-0.25, -0.2) is 13.4 Å². The highest BCUT2D eigenvalue weighted by atomic mass is 79.9. The van der Waals surface area contributed by atoms with E-state index in [9.17, 15) is 13.2 Å². The molecule has 0 atom stereocenters. The number of anilines is 2. The number of fused-ring (bicyclic) bond motifs is 1. The molecule has 0 saturated carbocycles. The summed E-state index contributed by atoms with van der Waals surface area (Å²) in [5.74, 6) is -0.215. The minimum atomic E-state index is -3.73. The summed E-state index contributed by atoms with van der Waals surface area (Å²) in [6.45, 7) is 1.89. The molecule has 1 amide bonds. The van der Waals surface area contributed by atoms with Crippen molar-refractivity contribution in [2.75, 3.05) is 10.0 Å². The van der Waals surface area contributed by atoms with Gasteiger partial charge in [0.05, 0.1) is 15.1 Å². The first kappa shape index (κ1) is 19.6. The molecular weight excluding hydrogens is 478 g/mol. The second kappa shape index (κ2) is 7.62. The van der Waals surface area contributed by atoms with Gasteiger partial charge in [0.15, 0.2) is 15.6 Å². The summed E-state index contributed by atoms with van der Waals surface area (Å²) in [6.07, 6.45) is 0. The van der Waals surface area contributed by atoms with Crippen LogP contribution in [0.1, 0.15) is 16.1 Å².